The van der Waals surface area contributed by atoms with Crippen LogP contribution < -0.4 is 13.9 Å². The number of sulfonamides is 2. The molecule has 1 aliphatic heterocycles. The number of carbonyl (C=O) groups excluding carboxylic acids is 1. The van der Waals surface area contributed by atoms with Crippen molar-refractivity contribution in [2.24, 2.45) is 0 Å². The Labute approximate surface area is 211 Å². The molecule has 0 fully saturated rings. The van der Waals surface area contributed by atoms with Crippen LogP contribution in [0.15, 0.2) is 82.6 Å². The Morgan fingerprint density at radius 2 is 1.53 bits per heavy atom. The molecule has 1 amide bonds. The van der Waals surface area contributed by atoms with E-state index in [0.29, 0.717) is 30.1 Å². The van der Waals surface area contributed by atoms with Gasteiger partial charge in [-0.2, -0.15) is 0 Å². The molecule has 11 heteroatoms. The Morgan fingerprint density at radius 3 is 2.14 bits per heavy atom. The van der Waals surface area contributed by atoms with Crippen molar-refractivity contribution in [3.63, 3.8) is 0 Å². The molecule has 0 bridgehead atoms. The third-order valence-electron chi connectivity index (χ3n) is 6.00. The summed E-state index contributed by atoms with van der Waals surface area (Å²) in [5.74, 6) is 0.0959. The van der Waals surface area contributed by atoms with Crippen molar-refractivity contribution in [3.05, 3.63) is 78.4 Å². The summed E-state index contributed by atoms with van der Waals surface area (Å²) in [5, 5.41) is 0. The Kier molecular flexibility index (Phi) is 7.07. The van der Waals surface area contributed by atoms with Gasteiger partial charge in [0, 0.05) is 26.3 Å². The lowest BCUT2D eigenvalue weighted by atomic mass is 10.2. The van der Waals surface area contributed by atoms with Gasteiger partial charge in [0.25, 0.3) is 10.0 Å². The van der Waals surface area contributed by atoms with Gasteiger partial charge in [0.15, 0.2) is 0 Å². The number of amides is 1. The molecule has 0 aliphatic carbocycles. The van der Waals surface area contributed by atoms with E-state index in [1.165, 1.54) is 44.3 Å². The van der Waals surface area contributed by atoms with Crippen LogP contribution in [0.5, 0.6) is 5.75 Å². The van der Waals surface area contributed by atoms with Crippen molar-refractivity contribution in [2.45, 2.75) is 16.2 Å². The standard InChI is InChI=1S/C25H27N3O6S2/c1-26(2)35(30,31)23-13-14-24-19(17-23)15-16-27(24)25(29)18-28(20-7-5-4-6-8-20)36(32,33)22-11-9-21(34-3)10-12-22/h4-14,17H,15-16,18H2,1-3H3. The molecule has 0 aromatic heterocycles. The van der Waals surface area contributed by atoms with E-state index < -0.39 is 32.5 Å². The number of methoxy groups -OCH3 is 1. The molecule has 0 spiro atoms. The van der Waals surface area contributed by atoms with Gasteiger partial charge < -0.3 is 9.64 Å². The second kappa shape index (κ2) is 9.92. The van der Waals surface area contributed by atoms with Gasteiger partial charge in [0.1, 0.15) is 12.3 Å². The number of hydrogen-bond acceptors (Lipinski definition) is 6. The van der Waals surface area contributed by atoms with Gasteiger partial charge in [0.2, 0.25) is 15.9 Å². The summed E-state index contributed by atoms with van der Waals surface area (Å²) >= 11 is 0. The number of anilines is 2. The molecule has 1 aliphatic rings. The molecule has 0 N–H and O–H groups in total. The van der Waals surface area contributed by atoms with Crippen LogP contribution in [0, 0.1) is 0 Å². The Hall–Kier alpha value is -3.41. The minimum atomic E-state index is -4.07. The molecule has 0 saturated carbocycles. The van der Waals surface area contributed by atoms with Gasteiger partial charge in [0.05, 0.1) is 22.6 Å². The van der Waals surface area contributed by atoms with Crippen LogP contribution in [0.2, 0.25) is 0 Å². The first-order valence-electron chi connectivity index (χ1n) is 11.1. The maximum Gasteiger partial charge on any atom is 0.264 e. The van der Waals surface area contributed by atoms with Gasteiger partial charge in [-0.25, -0.2) is 21.1 Å². The number of fused-ring (bicyclic) bond motifs is 1. The highest BCUT2D eigenvalue weighted by atomic mass is 32.2. The second-order valence-corrected chi connectivity index (χ2v) is 12.4. The van der Waals surface area contributed by atoms with Gasteiger partial charge in [-0.1, -0.05) is 18.2 Å². The van der Waals surface area contributed by atoms with Crippen LogP contribution in [-0.2, 0) is 31.3 Å². The quantitative estimate of drug-likeness (QED) is 0.445. The lowest BCUT2D eigenvalue weighted by Gasteiger charge is -2.27. The molecule has 0 atom stereocenters. The maximum absolute atomic E-state index is 13.6. The zero-order valence-corrected chi connectivity index (χ0v) is 21.8. The molecule has 9 nitrogen and oxygen atoms in total. The number of hydrogen-bond donors (Lipinski definition) is 0. The first-order chi connectivity index (χ1) is 17.1. The molecular formula is C25H27N3O6S2. The highest BCUT2D eigenvalue weighted by molar-refractivity contribution is 7.92. The minimum absolute atomic E-state index is 0.0281. The first kappa shape index (κ1) is 25.7. The van der Waals surface area contributed by atoms with Crippen molar-refractivity contribution < 1.29 is 26.4 Å². The van der Waals surface area contributed by atoms with E-state index >= 15 is 0 Å². The van der Waals surface area contributed by atoms with E-state index in [4.69, 9.17) is 4.74 Å². The molecule has 190 valence electrons. The van der Waals surface area contributed by atoms with Crippen LogP contribution in [-0.4, -0.2) is 61.3 Å². The molecule has 0 radical (unpaired) electrons. The van der Waals surface area contributed by atoms with E-state index in [-0.39, 0.29) is 9.79 Å². The van der Waals surface area contributed by atoms with Crippen LogP contribution in [0.25, 0.3) is 0 Å². The van der Waals surface area contributed by atoms with E-state index in [1.807, 2.05) is 0 Å². The normalized spacial score (nSPS) is 13.5. The molecule has 3 aromatic carbocycles. The van der Waals surface area contributed by atoms with Crippen molar-refractivity contribution >= 4 is 37.3 Å². The Balaban J connectivity index is 1.65. The van der Waals surface area contributed by atoms with Crippen LogP contribution in [0.3, 0.4) is 0 Å². The fraction of sp³-hybridized carbons (Fsp3) is 0.240. The van der Waals surface area contributed by atoms with E-state index in [0.717, 1.165) is 14.2 Å². The fourth-order valence-electron chi connectivity index (χ4n) is 4.00. The molecule has 4 rings (SSSR count). The molecule has 0 saturated heterocycles. The fourth-order valence-corrected chi connectivity index (χ4v) is 6.37. The van der Waals surface area contributed by atoms with Crippen LogP contribution >= 0.6 is 0 Å². The molecular weight excluding hydrogens is 502 g/mol. The van der Waals surface area contributed by atoms with Crippen molar-refractivity contribution in [2.75, 3.05) is 43.5 Å². The summed E-state index contributed by atoms with van der Waals surface area (Å²) in [6.07, 6.45) is 0.467. The van der Waals surface area contributed by atoms with Gasteiger partial charge in [-0.05, 0) is 66.6 Å². The number of para-hydroxylation sites is 1. The lowest BCUT2D eigenvalue weighted by Crippen LogP contribution is -2.42. The van der Waals surface area contributed by atoms with Crippen molar-refractivity contribution in [1.29, 1.82) is 0 Å². The topological polar surface area (TPSA) is 104 Å². The number of benzene rings is 3. The number of rotatable bonds is 8. The van der Waals surface area contributed by atoms with E-state index in [2.05, 4.69) is 0 Å². The largest absolute Gasteiger partial charge is 0.497 e. The third kappa shape index (κ3) is 4.81. The average Bonchev–Trinajstić information content (AvgIpc) is 3.31. The second-order valence-electron chi connectivity index (χ2n) is 8.40. The molecule has 0 unspecified atom stereocenters. The monoisotopic (exact) mass is 529 g/mol. The SMILES string of the molecule is COc1ccc(S(=O)(=O)N(CC(=O)N2CCc3cc(S(=O)(=O)N(C)C)ccc32)c2ccccc2)cc1. The molecule has 3 aromatic rings. The predicted octanol–water partition coefficient (Wildman–Crippen LogP) is 2.73. The van der Waals surface area contributed by atoms with Crippen LogP contribution in [0.4, 0.5) is 11.4 Å². The van der Waals surface area contributed by atoms with Gasteiger partial charge in [-0.3, -0.25) is 9.10 Å². The zero-order valence-electron chi connectivity index (χ0n) is 20.2. The summed E-state index contributed by atoms with van der Waals surface area (Å²) in [6, 6.07) is 19.0. The summed E-state index contributed by atoms with van der Waals surface area (Å²) < 4.78 is 59.5. The van der Waals surface area contributed by atoms with E-state index in [1.54, 1.807) is 54.6 Å². The van der Waals surface area contributed by atoms with Gasteiger partial charge >= 0.3 is 0 Å². The van der Waals surface area contributed by atoms with Crippen LogP contribution in [0.1, 0.15) is 5.56 Å². The number of carbonyl (C=O) groups is 1. The Morgan fingerprint density at radius 1 is 0.889 bits per heavy atom. The smallest absolute Gasteiger partial charge is 0.264 e. The zero-order chi connectivity index (χ0) is 26.1. The summed E-state index contributed by atoms with van der Waals surface area (Å²) in [7, 11) is -3.28. The summed E-state index contributed by atoms with van der Waals surface area (Å²) in [6.45, 7) is -0.0968. The third-order valence-corrected chi connectivity index (χ3v) is 9.60. The Bertz CT molecular complexity index is 1470. The summed E-state index contributed by atoms with van der Waals surface area (Å²) in [5.41, 5.74) is 1.65. The average molecular weight is 530 g/mol. The first-order valence-corrected chi connectivity index (χ1v) is 14.0. The minimum Gasteiger partial charge on any atom is -0.497 e. The highest BCUT2D eigenvalue weighted by Crippen LogP contribution is 2.32. The number of ether oxygens (including phenoxy) is 1. The lowest BCUT2D eigenvalue weighted by molar-refractivity contribution is -0.117. The van der Waals surface area contributed by atoms with E-state index in [9.17, 15) is 21.6 Å². The predicted molar refractivity (Wildman–Crippen MR) is 137 cm³/mol. The molecule has 36 heavy (non-hydrogen) atoms. The number of nitrogens with zero attached hydrogens (tertiary/aromatic N) is 3. The maximum atomic E-state index is 13.6. The van der Waals surface area contributed by atoms with Gasteiger partial charge in [-0.15, -0.1) is 0 Å². The van der Waals surface area contributed by atoms with Crippen molar-refractivity contribution in [3.8, 4) is 5.75 Å². The highest BCUT2D eigenvalue weighted by Gasteiger charge is 2.32. The molecule has 1 heterocycles. The summed E-state index contributed by atoms with van der Waals surface area (Å²) in [4.78, 5) is 15.1. The van der Waals surface area contributed by atoms with Crippen molar-refractivity contribution in [1.82, 2.24) is 4.31 Å².